The van der Waals surface area contributed by atoms with E-state index in [1.165, 1.54) is 12.4 Å². The summed E-state index contributed by atoms with van der Waals surface area (Å²) in [6.45, 7) is 14.4. The number of amides is 3. The molecule has 1 atom stereocenters. The van der Waals surface area contributed by atoms with Gasteiger partial charge in [0.15, 0.2) is 0 Å². The molecule has 3 amide bonds. The molecule has 0 spiro atoms. The maximum Gasteiger partial charge on any atom is 0.324 e. The van der Waals surface area contributed by atoms with E-state index in [9.17, 15) is 9.59 Å². The Morgan fingerprint density at radius 1 is 0.877 bits per heavy atom. The summed E-state index contributed by atoms with van der Waals surface area (Å²) in [5.74, 6) is 1.95. The summed E-state index contributed by atoms with van der Waals surface area (Å²) in [6, 6.07) is 24.7. The number of aryl methyl sites for hydroxylation is 1. The molecule has 1 saturated heterocycles. The first-order valence-corrected chi connectivity index (χ1v) is 19.0. The number of hydrogen-bond acceptors (Lipinski definition) is 10. The van der Waals surface area contributed by atoms with E-state index in [0.29, 0.717) is 42.1 Å². The van der Waals surface area contributed by atoms with Gasteiger partial charge in [0.1, 0.15) is 35.5 Å². The van der Waals surface area contributed by atoms with Crippen LogP contribution in [0, 0.1) is 6.92 Å². The zero-order valence-corrected chi connectivity index (χ0v) is 32.9. The fourth-order valence-electron chi connectivity index (χ4n) is 6.44. The molecule has 57 heavy (non-hydrogen) atoms. The number of pyridine rings is 1. The SMILES string of the molecule is Cc1ccc(-n2nc(C(C)(C)C)cc2NC(=O)Nc2ccc(OCc3ccnc(Nc4cnc(C(=O)N[C@@H](C)CN5CCOCC5)cn4)c3)c3ccccc23)cc1. The molecule has 0 unspecified atom stereocenters. The van der Waals surface area contributed by atoms with Crippen molar-refractivity contribution >= 4 is 45.9 Å². The molecule has 3 aromatic heterocycles. The summed E-state index contributed by atoms with van der Waals surface area (Å²) in [6.07, 6.45) is 4.64. The van der Waals surface area contributed by atoms with Crippen LogP contribution in [0.15, 0.2) is 97.5 Å². The van der Waals surface area contributed by atoms with Crippen LogP contribution in [0.3, 0.4) is 0 Å². The third-order valence-electron chi connectivity index (χ3n) is 9.50. The summed E-state index contributed by atoms with van der Waals surface area (Å²) in [5.41, 5.74) is 4.37. The van der Waals surface area contributed by atoms with Crippen LogP contribution in [0.1, 0.15) is 55.0 Å². The van der Waals surface area contributed by atoms with Crippen molar-refractivity contribution in [3.63, 3.8) is 0 Å². The van der Waals surface area contributed by atoms with Crippen LogP contribution in [-0.4, -0.2) is 80.5 Å². The number of anilines is 4. The number of rotatable bonds is 12. The predicted octanol–water partition coefficient (Wildman–Crippen LogP) is 7.23. The summed E-state index contributed by atoms with van der Waals surface area (Å²) in [4.78, 5) is 41.7. The molecule has 0 aliphatic carbocycles. The van der Waals surface area contributed by atoms with Crippen molar-refractivity contribution in [1.29, 1.82) is 0 Å². The van der Waals surface area contributed by atoms with Gasteiger partial charge in [-0.2, -0.15) is 5.10 Å². The average Bonchev–Trinajstić information content (AvgIpc) is 3.63. The normalized spacial score (nSPS) is 13.8. The van der Waals surface area contributed by atoms with Crippen LogP contribution in [0.4, 0.5) is 27.9 Å². The van der Waals surface area contributed by atoms with E-state index in [2.05, 4.69) is 61.9 Å². The average molecular weight is 769 g/mol. The topological polar surface area (TPSA) is 160 Å². The molecule has 1 aliphatic rings. The van der Waals surface area contributed by atoms with Gasteiger partial charge in [-0.25, -0.2) is 24.4 Å². The Labute approximate surface area is 332 Å². The Morgan fingerprint density at radius 2 is 1.65 bits per heavy atom. The van der Waals surface area contributed by atoms with E-state index in [1.807, 2.05) is 92.7 Å². The lowest BCUT2D eigenvalue weighted by Crippen LogP contribution is -2.46. The zero-order chi connectivity index (χ0) is 39.9. The summed E-state index contributed by atoms with van der Waals surface area (Å²) >= 11 is 0. The number of urea groups is 1. The van der Waals surface area contributed by atoms with Crippen LogP contribution < -0.4 is 26.0 Å². The van der Waals surface area contributed by atoms with Crippen molar-refractivity contribution in [1.82, 2.24) is 34.9 Å². The quantitative estimate of drug-likeness (QED) is 0.100. The number of carbonyl (C=O) groups excluding carboxylic acids is 2. The highest BCUT2D eigenvalue weighted by Crippen LogP contribution is 2.33. The van der Waals surface area contributed by atoms with Gasteiger partial charge in [-0.05, 0) is 55.8 Å². The molecule has 7 rings (SSSR count). The smallest absolute Gasteiger partial charge is 0.324 e. The van der Waals surface area contributed by atoms with E-state index in [0.717, 1.165) is 52.9 Å². The molecule has 0 saturated carbocycles. The van der Waals surface area contributed by atoms with E-state index in [-0.39, 0.29) is 29.7 Å². The molecule has 4 N–H and O–H groups in total. The largest absolute Gasteiger partial charge is 0.488 e. The third-order valence-corrected chi connectivity index (χ3v) is 9.50. The number of nitrogens with one attached hydrogen (secondary N) is 4. The van der Waals surface area contributed by atoms with Gasteiger partial charge in [0, 0.05) is 54.1 Å². The number of hydrogen-bond donors (Lipinski definition) is 4. The lowest BCUT2D eigenvalue weighted by Gasteiger charge is -2.29. The van der Waals surface area contributed by atoms with Crippen molar-refractivity contribution < 1.29 is 19.1 Å². The molecule has 0 radical (unpaired) electrons. The van der Waals surface area contributed by atoms with E-state index >= 15 is 0 Å². The van der Waals surface area contributed by atoms with E-state index in [1.54, 1.807) is 10.9 Å². The first-order valence-electron chi connectivity index (χ1n) is 19.0. The Balaban J connectivity index is 0.976. The van der Waals surface area contributed by atoms with Crippen LogP contribution in [0.25, 0.3) is 16.5 Å². The Morgan fingerprint density at radius 3 is 2.39 bits per heavy atom. The minimum atomic E-state index is -0.393. The lowest BCUT2D eigenvalue weighted by molar-refractivity contribution is 0.0342. The molecule has 14 nitrogen and oxygen atoms in total. The van der Waals surface area contributed by atoms with Crippen molar-refractivity contribution in [2.24, 2.45) is 0 Å². The molecular formula is C43H48N10O4. The highest BCUT2D eigenvalue weighted by Gasteiger charge is 2.22. The van der Waals surface area contributed by atoms with Gasteiger partial charge in [-0.1, -0.05) is 62.7 Å². The Bertz CT molecular complexity index is 2330. The molecule has 1 fully saturated rings. The van der Waals surface area contributed by atoms with Gasteiger partial charge in [0.25, 0.3) is 5.91 Å². The molecule has 4 heterocycles. The van der Waals surface area contributed by atoms with Gasteiger partial charge >= 0.3 is 6.03 Å². The number of benzene rings is 3. The number of ether oxygens (including phenoxy) is 2. The highest BCUT2D eigenvalue weighted by atomic mass is 16.5. The molecule has 3 aromatic carbocycles. The third kappa shape index (κ3) is 9.90. The Kier molecular flexibility index (Phi) is 11.7. The maximum absolute atomic E-state index is 13.5. The highest BCUT2D eigenvalue weighted by molar-refractivity contribution is 6.07. The van der Waals surface area contributed by atoms with E-state index < -0.39 is 6.03 Å². The van der Waals surface area contributed by atoms with E-state index in [4.69, 9.17) is 14.6 Å². The summed E-state index contributed by atoms with van der Waals surface area (Å²) in [5, 5.41) is 18.7. The zero-order valence-electron chi connectivity index (χ0n) is 32.9. The van der Waals surface area contributed by atoms with Crippen molar-refractivity contribution in [3.05, 3.63) is 120 Å². The fraction of sp³-hybridized carbons (Fsp3) is 0.302. The monoisotopic (exact) mass is 768 g/mol. The van der Waals surface area contributed by atoms with Crippen molar-refractivity contribution in [3.8, 4) is 11.4 Å². The molecule has 6 aromatic rings. The first-order chi connectivity index (χ1) is 27.5. The fourth-order valence-corrected chi connectivity index (χ4v) is 6.44. The first kappa shape index (κ1) is 38.9. The van der Waals surface area contributed by atoms with Gasteiger partial charge in [-0.3, -0.25) is 15.0 Å². The molecule has 1 aliphatic heterocycles. The van der Waals surface area contributed by atoms with Crippen LogP contribution in [0.2, 0.25) is 0 Å². The van der Waals surface area contributed by atoms with Crippen LogP contribution >= 0.6 is 0 Å². The van der Waals surface area contributed by atoms with Gasteiger partial charge in [0.05, 0.1) is 42.7 Å². The minimum Gasteiger partial charge on any atom is -0.488 e. The number of morpholine rings is 1. The summed E-state index contributed by atoms with van der Waals surface area (Å²) < 4.78 is 13.5. The minimum absolute atomic E-state index is 0.0436. The molecule has 14 heteroatoms. The number of fused-ring (bicyclic) bond motifs is 1. The maximum atomic E-state index is 13.5. The summed E-state index contributed by atoms with van der Waals surface area (Å²) in [7, 11) is 0. The second kappa shape index (κ2) is 17.2. The lowest BCUT2D eigenvalue weighted by atomic mass is 9.92. The molecular weight excluding hydrogens is 721 g/mol. The number of aromatic nitrogens is 5. The second-order valence-corrected chi connectivity index (χ2v) is 15.2. The standard InChI is InChI=1S/C43H48N10O4/c1-28-10-12-31(13-11-28)53-40(23-37(51-53)43(3,4)5)50-42(55)48-34-14-15-36(33-9-7-6-8-32(33)34)57-27-30-16-17-44-38(22-30)49-39-25-45-35(24-46-39)41(54)47-29(2)26-52-18-20-56-21-19-52/h6-17,22-25,29H,18-21,26-27H2,1-5H3,(H,47,54)(H,44,46,49)(H2,48,50,55)/t29-/m0/s1. The van der Waals surface area contributed by atoms with Crippen LogP contribution in [-0.2, 0) is 16.8 Å². The van der Waals surface area contributed by atoms with Gasteiger partial charge < -0.3 is 25.4 Å². The van der Waals surface area contributed by atoms with Crippen molar-refractivity contribution in [2.75, 3.05) is 48.8 Å². The van der Waals surface area contributed by atoms with Gasteiger partial charge in [-0.15, -0.1) is 0 Å². The Hall–Kier alpha value is -6.38. The second-order valence-electron chi connectivity index (χ2n) is 15.2. The van der Waals surface area contributed by atoms with Crippen molar-refractivity contribution in [2.45, 2.75) is 52.7 Å². The van der Waals surface area contributed by atoms with Crippen LogP contribution in [0.5, 0.6) is 5.75 Å². The molecule has 294 valence electrons. The number of nitrogens with zero attached hydrogens (tertiary/aromatic N) is 6. The number of carbonyl (C=O) groups is 2. The molecule has 0 bridgehead atoms. The van der Waals surface area contributed by atoms with Gasteiger partial charge in [0.2, 0.25) is 0 Å². The predicted molar refractivity (Wildman–Crippen MR) is 222 cm³/mol.